The second-order valence-electron chi connectivity index (χ2n) is 1.70. The van der Waals surface area contributed by atoms with Crippen LogP contribution in [0.5, 0.6) is 0 Å². The number of hydrogen-bond acceptors (Lipinski definition) is 2. The van der Waals surface area contributed by atoms with Crippen molar-refractivity contribution in [3.63, 3.8) is 0 Å². The third-order valence-corrected chi connectivity index (χ3v) is 1.16. The van der Waals surface area contributed by atoms with Crippen molar-refractivity contribution in [2.75, 3.05) is 26.7 Å². The molecule has 0 radical (unpaired) electrons. The van der Waals surface area contributed by atoms with E-state index in [1.807, 2.05) is 7.05 Å². The third kappa shape index (κ3) is 8.50. The van der Waals surface area contributed by atoms with E-state index in [0.29, 0.717) is 6.54 Å². The van der Waals surface area contributed by atoms with Gasteiger partial charge in [-0.05, 0) is 7.05 Å². The van der Waals surface area contributed by atoms with E-state index in [9.17, 15) is 0 Å². The quantitative estimate of drug-likeness (QED) is 0.467. The monoisotopic (exact) mass is 170 g/mol. The lowest BCUT2D eigenvalue weighted by Crippen LogP contribution is -2.28. The molecule has 0 aliphatic rings. The van der Waals surface area contributed by atoms with E-state index in [0.717, 1.165) is 13.1 Å². The topological polar surface area (TPSA) is 24.1 Å². The van der Waals surface area contributed by atoms with Crippen molar-refractivity contribution in [1.29, 1.82) is 0 Å². The fourth-order valence-electron chi connectivity index (χ4n) is 0.425. The molecule has 0 saturated heterocycles. The third-order valence-electron chi connectivity index (χ3n) is 0.850. The van der Waals surface area contributed by atoms with Crippen LogP contribution in [0, 0.1) is 0 Å². The Balaban J connectivity index is 2.75. The van der Waals surface area contributed by atoms with Gasteiger partial charge < -0.3 is 10.6 Å². The minimum Gasteiger partial charge on any atom is -0.318 e. The Morgan fingerprint density at radius 1 is 1.33 bits per heavy atom. The predicted molar refractivity (Wildman–Crippen MR) is 42.3 cm³/mol. The number of halogens is 2. The summed E-state index contributed by atoms with van der Waals surface area (Å²) in [7, 11) is 1.90. The number of nitrogens with one attached hydrogen (secondary N) is 2. The Bertz CT molecular complexity index is 58.9. The van der Waals surface area contributed by atoms with Crippen molar-refractivity contribution in [3.8, 4) is 0 Å². The first-order valence-corrected chi connectivity index (χ1v) is 3.78. The second-order valence-corrected chi connectivity index (χ2v) is 2.98. The van der Waals surface area contributed by atoms with Gasteiger partial charge in [-0.2, -0.15) is 0 Å². The zero-order chi connectivity index (χ0) is 7.11. The molecule has 0 aromatic heterocycles. The Morgan fingerprint density at radius 3 is 2.44 bits per heavy atom. The van der Waals surface area contributed by atoms with Crippen molar-refractivity contribution in [2.24, 2.45) is 0 Å². The summed E-state index contributed by atoms with van der Waals surface area (Å²) in [4.78, 5) is -0.290. The lowest BCUT2D eigenvalue weighted by atomic mass is 10.6. The highest BCUT2D eigenvalue weighted by Crippen LogP contribution is 1.97. The first kappa shape index (κ1) is 9.50. The van der Waals surface area contributed by atoms with Crippen molar-refractivity contribution in [2.45, 2.75) is 4.84 Å². The molecule has 9 heavy (non-hydrogen) atoms. The molecule has 0 bridgehead atoms. The van der Waals surface area contributed by atoms with E-state index in [-0.39, 0.29) is 4.84 Å². The molecule has 0 rings (SSSR count). The normalized spacial score (nSPS) is 10.7. The van der Waals surface area contributed by atoms with Crippen LogP contribution in [0.2, 0.25) is 0 Å². The molecule has 2 nitrogen and oxygen atoms in total. The van der Waals surface area contributed by atoms with Crippen LogP contribution in [0.3, 0.4) is 0 Å². The molecule has 0 aromatic carbocycles. The van der Waals surface area contributed by atoms with E-state index in [1.165, 1.54) is 0 Å². The lowest BCUT2D eigenvalue weighted by Gasteiger charge is -2.02. The summed E-state index contributed by atoms with van der Waals surface area (Å²) in [5.41, 5.74) is 0. The van der Waals surface area contributed by atoms with Gasteiger partial charge in [0.25, 0.3) is 0 Å². The molecule has 0 amide bonds. The van der Waals surface area contributed by atoms with Gasteiger partial charge in [0, 0.05) is 19.6 Å². The fraction of sp³-hybridized carbons (Fsp3) is 1.00. The lowest BCUT2D eigenvalue weighted by molar-refractivity contribution is 0.666. The molecule has 0 fully saturated rings. The highest BCUT2D eigenvalue weighted by Gasteiger charge is 1.94. The van der Waals surface area contributed by atoms with Gasteiger partial charge in [-0.15, -0.1) is 23.2 Å². The summed E-state index contributed by atoms with van der Waals surface area (Å²) in [6, 6.07) is 0. The standard InChI is InChI=1S/C5H12Cl2N2/c1-8-2-3-9-4-5(6)7/h5,8-9H,2-4H2,1H3. The Labute approximate surface area is 65.9 Å². The Morgan fingerprint density at radius 2 is 2.00 bits per heavy atom. The minimum absolute atomic E-state index is 0.290. The summed E-state index contributed by atoms with van der Waals surface area (Å²) in [6.45, 7) is 2.51. The van der Waals surface area contributed by atoms with Crippen LogP contribution in [-0.2, 0) is 0 Å². The van der Waals surface area contributed by atoms with Crippen molar-refractivity contribution in [3.05, 3.63) is 0 Å². The Kier molecular flexibility index (Phi) is 6.99. The van der Waals surface area contributed by atoms with Gasteiger partial charge in [0.1, 0.15) is 4.84 Å². The zero-order valence-corrected chi connectivity index (χ0v) is 6.97. The van der Waals surface area contributed by atoms with Crippen molar-refractivity contribution >= 4 is 23.2 Å². The molecule has 4 heteroatoms. The molecule has 56 valence electrons. The summed E-state index contributed by atoms with van der Waals surface area (Å²) in [5, 5.41) is 6.05. The van der Waals surface area contributed by atoms with Crippen LogP contribution < -0.4 is 10.6 Å². The maximum Gasteiger partial charge on any atom is 0.120 e. The molecular formula is C5H12Cl2N2. The molecule has 0 aliphatic carbocycles. The molecule has 0 aromatic rings. The van der Waals surface area contributed by atoms with E-state index >= 15 is 0 Å². The smallest absolute Gasteiger partial charge is 0.120 e. The zero-order valence-electron chi connectivity index (χ0n) is 5.45. The van der Waals surface area contributed by atoms with Crippen LogP contribution in [0.15, 0.2) is 0 Å². The molecule has 0 heterocycles. The molecule has 0 unspecified atom stereocenters. The summed E-state index contributed by atoms with van der Waals surface area (Å²) >= 11 is 10.9. The molecule has 0 spiro atoms. The SMILES string of the molecule is CNCCNCC(Cl)Cl. The summed E-state index contributed by atoms with van der Waals surface area (Å²) in [6.07, 6.45) is 0. The number of hydrogen-bond donors (Lipinski definition) is 2. The minimum atomic E-state index is -0.290. The summed E-state index contributed by atoms with van der Waals surface area (Å²) in [5.74, 6) is 0. The maximum absolute atomic E-state index is 5.44. The fourth-order valence-corrected chi connectivity index (χ4v) is 0.643. The van der Waals surface area contributed by atoms with Crippen LogP contribution in [0.1, 0.15) is 0 Å². The second kappa shape index (κ2) is 6.62. The van der Waals surface area contributed by atoms with Crippen LogP contribution in [-0.4, -0.2) is 31.5 Å². The molecule has 0 aliphatic heterocycles. The molecule has 0 saturated carbocycles. The average molecular weight is 171 g/mol. The van der Waals surface area contributed by atoms with E-state index in [4.69, 9.17) is 23.2 Å². The van der Waals surface area contributed by atoms with E-state index < -0.39 is 0 Å². The van der Waals surface area contributed by atoms with E-state index in [2.05, 4.69) is 10.6 Å². The van der Waals surface area contributed by atoms with Gasteiger partial charge in [-0.1, -0.05) is 0 Å². The largest absolute Gasteiger partial charge is 0.318 e. The van der Waals surface area contributed by atoms with Gasteiger partial charge in [-0.25, -0.2) is 0 Å². The highest BCUT2D eigenvalue weighted by atomic mass is 35.5. The van der Waals surface area contributed by atoms with Crippen LogP contribution in [0.4, 0.5) is 0 Å². The van der Waals surface area contributed by atoms with Gasteiger partial charge >= 0.3 is 0 Å². The van der Waals surface area contributed by atoms with Crippen LogP contribution >= 0.6 is 23.2 Å². The summed E-state index contributed by atoms with van der Waals surface area (Å²) < 4.78 is 0. The molecule has 0 atom stereocenters. The van der Waals surface area contributed by atoms with Crippen molar-refractivity contribution < 1.29 is 0 Å². The highest BCUT2D eigenvalue weighted by molar-refractivity contribution is 6.44. The maximum atomic E-state index is 5.44. The molecular weight excluding hydrogens is 159 g/mol. The van der Waals surface area contributed by atoms with Gasteiger partial charge in [0.05, 0.1) is 0 Å². The van der Waals surface area contributed by atoms with E-state index in [1.54, 1.807) is 0 Å². The van der Waals surface area contributed by atoms with Gasteiger partial charge in [0.15, 0.2) is 0 Å². The first-order chi connectivity index (χ1) is 4.27. The number of likely N-dealkylation sites (N-methyl/N-ethyl adjacent to an activating group) is 1. The number of rotatable bonds is 5. The average Bonchev–Trinajstić information content (AvgIpc) is 1.80. The van der Waals surface area contributed by atoms with Crippen molar-refractivity contribution in [1.82, 2.24) is 10.6 Å². The number of alkyl halides is 2. The first-order valence-electron chi connectivity index (χ1n) is 2.91. The van der Waals surface area contributed by atoms with Gasteiger partial charge in [-0.3, -0.25) is 0 Å². The Hall–Kier alpha value is 0.500. The van der Waals surface area contributed by atoms with Gasteiger partial charge in [0.2, 0.25) is 0 Å². The molecule has 2 N–H and O–H groups in total. The van der Waals surface area contributed by atoms with Crippen LogP contribution in [0.25, 0.3) is 0 Å². The predicted octanol–water partition coefficient (Wildman–Crippen LogP) is 0.599.